The number of thioether (sulfide) groups is 1. The fourth-order valence-corrected chi connectivity index (χ4v) is 1.19. The molecule has 0 spiro atoms. The third-order valence-corrected chi connectivity index (χ3v) is 1.70. The van der Waals surface area contributed by atoms with Crippen molar-refractivity contribution < 1.29 is 0 Å². The lowest BCUT2D eigenvalue weighted by atomic mass is 11.7. The van der Waals surface area contributed by atoms with E-state index in [1.807, 2.05) is 0 Å². The first-order valence-electron chi connectivity index (χ1n) is 1.57. The van der Waals surface area contributed by atoms with Crippen LogP contribution in [0.15, 0.2) is 0 Å². The predicted molar refractivity (Wildman–Crippen MR) is 43.8 cm³/mol. The minimum atomic E-state index is 0.0907. The highest BCUT2D eigenvalue weighted by Crippen LogP contribution is 2.12. The van der Waals surface area contributed by atoms with E-state index in [4.69, 9.17) is 16.0 Å². The van der Waals surface area contributed by atoms with Gasteiger partial charge in [0.05, 0.1) is 0 Å². The van der Waals surface area contributed by atoms with Gasteiger partial charge in [-0.3, -0.25) is 16.0 Å². The summed E-state index contributed by atoms with van der Waals surface area (Å²) >= 11 is 5.36. The first-order chi connectivity index (χ1) is 3.66. The van der Waals surface area contributed by atoms with Gasteiger partial charge in [0.2, 0.25) is 0 Å². The highest BCUT2D eigenvalue weighted by molar-refractivity contribution is 8.50. The summed E-state index contributed by atoms with van der Waals surface area (Å²) in [6.45, 7) is 0. The zero-order chi connectivity index (χ0) is 6.57. The van der Waals surface area contributed by atoms with Crippen LogP contribution in [0.4, 0.5) is 0 Å². The van der Waals surface area contributed by atoms with Gasteiger partial charge in [-0.2, -0.15) is 0 Å². The zero-order valence-electron chi connectivity index (χ0n) is 3.84. The maximum absolute atomic E-state index is 6.88. The smallest absolute Gasteiger partial charge is 0.143 e. The molecule has 0 radical (unpaired) electrons. The summed E-state index contributed by atoms with van der Waals surface area (Å²) in [7, 11) is 0. The molecule has 0 aromatic heterocycles. The maximum Gasteiger partial charge on any atom is 0.143 e. The molecule has 8 heavy (non-hydrogen) atoms. The summed E-state index contributed by atoms with van der Waals surface area (Å²) in [6, 6.07) is 0. The van der Waals surface area contributed by atoms with E-state index < -0.39 is 0 Å². The Kier molecular flexibility index (Phi) is 4.44. The van der Waals surface area contributed by atoms with Crippen molar-refractivity contribution in [1.29, 1.82) is 10.8 Å². The third-order valence-electron chi connectivity index (χ3n) is 0.296. The molecular weight excluding hydrogens is 162 g/mol. The lowest BCUT2D eigenvalue weighted by Gasteiger charge is -1.91. The van der Waals surface area contributed by atoms with Crippen LogP contribution in [0.25, 0.3) is 0 Å². The van der Waals surface area contributed by atoms with Gasteiger partial charge in [-0.15, -0.1) is 12.6 Å². The second kappa shape index (κ2) is 4.25. The average molecular weight is 167 g/mol. The second-order valence-corrected chi connectivity index (χ2v) is 3.49. The summed E-state index contributed by atoms with van der Waals surface area (Å²) in [4.78, 5) is 0. The first kappa shape index (κ1) is 8.35. The Morgan fingerprint density at radius 1 is 1.50 bits per heavy atom. The largest absolute Gasteiger partial charge is 0.288 e. The van der Waals surface area contributed by atoms with Gasteiger partial charge >= 0.3 is 0 Å². The van der Waals surface area contributed by atoms with Crippen LogP contribution in [-0.2, 0) is 0 Å². The monoisotopic (exact) mass is 167 g/mol. The summed E-state index contributed by atoms with van der Waals surface area (Å²) < 4.78 is 0.276. The van der Waals surface area contributed by atoms with Crippen molar-refractivity contribution in [3.8, 4) is 0 Å². The van der Waals surface area contributed by atoms with E-state index in [1.165, 1.54) is 0 Å². The average Bonchev–Trinajstić information content (AvgIpc) is 1.65. The lowest BCUT2D eigenvalue weighted by Crippen LogP contribution is -1.90. The van der Waals surface area contributed by atoms with Crippen LogP contribution in [0, 0.1) is 10.8 Å². The molecule has 46 valence electrons. The molecular formula is C2H5N3S3. The van der Waals surface area contributed by atoms with Crippen LogP contribution in [0.2, 0.25) is 0 Å². The van der Waals surface area contributed by atoms with Gasteiger partial charge < -0.3 is 0 Å². The number of thiol groups is 1. The SMILES string of the molecule is N=C(S)SC(=N)SN. The second-order valence-electron chi connectivity index (χ2n) is 0.813. The van der Waals surface area contributed by atoms with Gasteiger partial charge in [0.25, 0.3) is 0 Å². The van der Waals surface area contributed by atoms with Crippen LogP contribution in [0.5, 0.6) is 0 Å². The Labute approximate surface area is 61.4 Å². The minimum Gasteiger partial charge on any atom is -0.288 e. The van der Waals surface area contributed by atoms with E-state index in [1.54, 1.807) is 0 Å². The van der Waals surface area contributed by atoms with Crippen molar-refractivity contribution in [2.75, 3.05) is 0 Å². The molecule has 0 aromatic carbocycles. The molecule has 0 aliphatic rings. The molecule has 0 atom stereocenters. The van der Waals surface area contributed by atoms with Crippen molar-refractivity contribution in [2.45, 2.75) is 0 Å². The normalized spacial score (nSPS) is 8.75. The Morgan fingerprint density at radius 3 is 2.12 bits per heavy atom. The summed E-state index contributed by atoms with van der Waals surface area (Å²) in [5, 5.41) is 18.6. The zero-order valence-corrected chi connectivity index (χ0v) is 6.37. The number of hydrogen-bond donors (Lipinski definition) is 4. The van der Waals surface area contributed by atoms with Crippen molar-refractivity contribution in [2.24, 2.45) is 5.14 Å². The topological polar surface area (TPSA) is 73.7 Å². The van der Waals surface area contributed by atoms with Gasteiger partial charge in [0.15, 0.2) is 0 Å². The van der Waals surface area contributed by atoms with Crippen molar-refractivity contribution in [1.82, 2.24) is 0 Å². The Bertz CT molecular complexity index is 111. The maximum atomic E-state index is 6.88. The fourth-order valence-electron chi connectivity index (χ4n) is 0.112. The summed E-state index contributed by atoms with van der Waals surface area (Å²) in [5.41, 5.74) is 0. The Morgan fingerprint density at radius 2 is 2.00 bits per heavy atom. The van der Waals surface area contributed by atoms with Gasteiger partial charge in [0.1, 0.15) is 8.75 Å². The van der Waals surface area contributed by atoms with Gasteiger partial charge in [-0.1, -0.05) is 0 Å². The van der Waals surface area contributed by atoms with Crippen LogP contribution >= 0.6 is 36.3 Å². The fraction of sp³-hybridized carbons (Fsp3) is 0. The standard InChI is InChI=1S/C2H5N3S3/c3-1(6)7-2(4)8-5/h4H,5H2,(H2,3,6). The molecule has 0 heterocycles. The Hall–Kier alpha value is 0.350. The molecule has 0 amide bonds. The van der Waals surface area contributed by atoms with E-state index in [0.29, 0.717) is 0 Å². The van der Waals surface area contributed by atoms with Crippen molar-refractivity contribution in [3.63, 3.8) is 0 Å². The molecule has 6 heteroatoms. The van der Waals surface area contributed by atoms with Crippen LogP contribution in [0.1, 0.15) is 0 Å². The third kappa shape index (κ3) is 4.51. The van der Waals surface area contributed by atoms with Gasteiger partial charge in [-0.05, 0) is 23.7 Å². The van der Waals surface area contributed by atoms with Gasteiger partial charge in [0, 0.05) is 0 Å². The molecule has 0 unspecified atom stereocenters. The highest BCUT2D eigenvalue weighted by atomic mass is 32.2. The van der Waals surface area contributed by atoms with E-state index in [-0.39, 0.29) is 8.75 Å². The lowest BCUT2D eigenvalue weighted by molar-refractivity contribution is 1.58. The van der Waals surface area contributed by atoms with E-state index in [9.17, 15) is 0 Å². The number of nitrogens with two attached hydrogens (primary N) is 1. The number of rotatable bonds is 0. The molecule has 0 saturated heterocycles. The minimum absolute atomic E-state index is 0.0907. The molecule has 0 saturated carbocycles. The highest BCUT2D eigenvalue weighted by Gasteiger charge is 1.95. The first-order valence-corrected chi connectivity index (χ1v) is 3.72. The molecule has 0 fully saturated rings. The number of nitrogens with one attached hydrogen (secondary N) is 2. The van der Waals surface area contributed by atoms with Crippen LogP contribution in [0.3, 0.4) is 0 Å². The van der Waals surface area contributed by atoms with Crippen molar-refractivity contribution >= 4 is 45.1 Å². The molecule has 0 bridgehead atoms. The van der Waals surface area contributed by atoms with Crippen LogP contribution < -0.4 is 5.14 Å². The predicted octanol–water partition coefficient (Wildman–Crippen LogP) is 1.13. The van der Waals surface area contributed by atoms with Crippen LogP contribution in [-0.4, -0.2) is 8.75 Å². The quantitative estimate of drug-likeness (QED) is 0.189. The molecule has 3 nitrogen and oxygen atoms in total. The van der Waals surface area contributed by atoms with Crippen molar-refractivity contribution in [3.05, 3.63) is 0 Å². The molecule has 4 N–H and O–H groups in total. The van der Waals surface area contributed by atoms with E-state index in [0.717, 1.165) is 23.7 Å². The Balaban J connectivity index is 3.40. The molecule has 0 rings (SSSR count). The molecule has 0 aliphatic carbocycles. The summed E-state index contributed by atoms with van der Waals surface area (Å²) in [5.74, 6) is 0. The van der Waals surface area contributed by atoms with E-state index >= 15 is 0 Å². The molecule has 0 aliphatic heterocycles. The number of hydrogen-bond acceptors (Lipinski definition) is 5. The summed E-state index contributed by atoms with van der Waals surface area (Å²) in [6.07, 6.45) is 0. The van der Waals surface area contributed by atoms with Gasteiger partial charge in [-0.25, -0.2) is 0 Å². The van der Waals surface area contributed by atoms with E-state index in [2.05, 4.69) is 12.6 Å². The molecule has 0 aromatic rings.